The lowest BCUT2D eigenvalue weighted by molar-refractivity contribution is -0.117. The summed E-state index contributed by atoms with van der Waals surface area (Å²) in [6.45, 7) is 3.46. The molecule has 0 saturated heterocycles. The van der Waals surface area contributed by atoms with Gasteiger partial charge in [0.15, 0.2) is 0 Å². The van der Waals surface area contributed by atoms with Gasteiger partial charge in [-0.3, -0.25) is 14.5 Å². The molecule has 148 valence electrons. The van der Waals surface area contributed by atoms with Crippen molar-refractivity contribution in [1.82, 2.24) is 10.2 Å². The summed E-state index contributed by atoms with van der Waals surface area (Å²) in [5.41, 5.74) is 2.14. The molecule has 0 atom stereocenters. The number of benzene rings is 2. The van der Waals surface area contributed by atoms with E-state index in [0.717, 1.165) is 24.2 Å². The van der Waals surface area contributed by atoms with E-state index in [0.29, 0.717) is 24.4 Å². The number of carbonyl (C=O) groups excluding carboxylic acids is 2. The molecular weight excluding hydrogens is 354 g/mol. The topological polar surface area (TPSA) is 70.7 Å². The van der Waals surface area contributed by atoms with E-state index in [9.17, 15) is 9.59 Å². The fraction of sp³-hybridized carbons (Fsp3) is 0.364. The largest absolute Gasteiger partial charge is 0.494 e. The van der Waals surface area contributed by atoms with Gasteiger partial charge in [0.2, 0.25) is 5.91 Å². The van der Waals surface area contributed by atoms with Crippen LogP contribution in [0.15, 0.2) is 48.5 Å². The Hall–Kier alpha value is -2.86. The summed E-state index contributed by atoms with van der Waals surface area (Å²) >= 11 is 0. The van der Waals surface area contributed by atoms with Crippen LogP contribution in [0.2, 0.25) is 0 Å². The molecule has 1 aliphatic rings. The summed E-state index contributed by atoms with van der Waals surface area (Å²) in [6, 6.07) is 15.2. The molecule has 0 aromatic heterocycles. The van der Waals surface area contributed by atoms with Crippen LogP contribution in [-0.2, 0) is 11.3 Å². The van der Waals surface area contributed by atoms with Gasteiger partial charge in [-0.1, -0.05) is 24.3 Å². The van der Waals surface area contributed by atoms with Crippen LogP contribution in [-0.4, -0.2) is 43.0 Å². The van der Waals surface area contributed by atoms with E-state index in [-0.39, 0.29) is 24.4 Å². The number of hydrogen-bond donors (Lipinski definition) is 2. The number of anilines is 1. The number of nitrogens with zero attached hydrogens (tertiary/aromatic N) is 1. The average molecular weight is 381 g/mol. The van der Waals surface area contributed by atoms with Gasteiger partial charge in [0.1, 0.15) is 5.75 Å². The van der Waals surface area contributed by atoms with Crippen molar-refractivity contribution < 1.29 is 14.3 Å². The molecule has 0 heterocycles. The second-order valence-electron chi connectivity index (χ2n) is 7.09. The summed E-state index contributed by atoms with van der Waals surface area (Å²) in [5, 5.41) is 5.83. The number of likely N-dealkylation sites (N-methyl/N-ethyl adjacent to an activating group) is 1. The van der Waals surface area contributed by atoms with Gasteiger partial charge in [-0.15, -0.1) is 0 Å². The number of amides is 2. The Morgan fingerprint density at radius 1 is 1.11 bits per heavy atom. The first kappa shape index (κ1) is 19.9. The van der Waals surface area contributed by atoms with Crippen molar-refractivity contribution in [3.05, 3.63) is 59.7 Å². The van der Waals surface area contributed by atoms with E-state index >= 15 is 0 Å². The lowest BCUT2D eigenvalue weighted by Crippen LogP contribution is -2.31. The highest BCUT2D eigenvalue weighted by Gasteiger charge is 2.25. The molecule has 6 nitrogen and oxygen atoms in total. The second kappa shape index (κ2) is 9.37. The first-order chi connectivity index (χ1) is 13.5. The van der Waals surface area contributed by atoms with Crippen molar-refractivity contribution in [2.45, 2.75) is 32.4 Å². The third kappa shape index (κ3) is 5.82. The molecule has 28 heavy (non-hydrogen) atoms. The third-order valence-electron chi connectivity index (χ3n) is 4.46. The lowest BCUT2D eigenvalue weighted by Gasteiger charge is -2.17. The monoisotopic (exact) mass is 381 g/mol. The molecule has 0 spiro atoms. The Balaban J connectivity index is 1.54. The van der Waals surface area contributed by atoms with Crippen LogP contribution >= 0.6 is 0 Å². The molecule has 2 amide bonds. The quantitative estimate of drug-likeness (QED) is 0.700. The van der Waals surface area contributed by atoms with Crippen LogP contribution in [0.3, 0.4) is 0 Å². The lowest BCUT2D eigenvalue weighted by atomic mass is 10.1. The fourth-order valence-electron chi connectivity index (χ4n) is 2.94. The van der Waals surface area contributed by atoms with E-state index in [1.807, 2.05) is 49.2 Å². The molecule has 0 bridgehead atoms. The van der Waals surface area contributed by atoms with E-state index in [2.05, 4.69) is 10.6 Å². The second-order valence-corrected chi connectivity index (χ2v) is 7.09. The smallest absolute Gasteiger partial charge is 0.253 e. The first-order valence-electron chi connectivity index (χ1n) is 9.65. The zero-order chi connectivity index (χ0) is 19.9. The molecule has 2 aromatic rings. The van der Waals surface area contributed by atoms with Gasteiger partial charge in [-0.25, -0.2) is 0 Å². The van der Waals surface area contributed by atoms with E-state index in [1.54, 1.807) is 18.2 Å². The van der Waals surface area contributed by atoms with E-state index in [4.69, 9.17) is 4.74 Å². The molecule has 0 aliphatic heterocycles. The zero-order valence-corrected chi connectivity index (χ0v) is 16.4. The number of nitrogens with one attached hydrogen (secondary N) is 2. The van der Waals surface area contributed by atoms with Crippen LogP contribution in [0.1, 0.15) is 35.7 Å². The molecule has 3 rings (SSSR count). The minimum atomic E-state index is -0.153. The Morgan fingerprint density at radius 2 is 1.82 bits per heavy atom. The highest BCUT2D eigenvalue weighted by atomic mass is 16.5. The van der Waals surface area contributed by atoms with Gasteiger partial charge in [0, 0.05) is 12.6 Å². The third-order valence-corrected chi connectivity index (χ3v) is 4.46. The SMILES string of the molecule is CCOc1ccc(CN(C)CC(=O)Nc2ccccc2C(=O)NC2CC2)cc1. The number of carbonyl (C=O) groups is 2. The van der Waals surface area contributed by atoms with Crippen molar-refractivity contribution in [3.8, 4) is 5.75 Å². The first-order valence-corrected chi connectivity index (χ1v) is 9.65. The highest BCUT2D eigenvalue weighted by molar-refractivity contribution is 6.04. The van der Waals surface area contributed by atoms with Crippen LogP contribution in [0, 0.1) is 0 Å². The summed E-state index contributed by atoms with van der Waals surface area (Å²) < 4.78 is 5.44. The minimum Gasteiger partial charge on any atom is -0.494 e. The van der Waals surface area contributed by atoms with Crippen LogP contribution in [0.5, 0.6) is 5.75 Å². The molecule has 2 aromatic carbocycles. The molecule has 6 heteroatoms. The molecule has 1 fully saturated rings. The predicted molar refractivity (Wildman–Crippen MR) is 110 cm³/mol. The Bertz CT molecular complexity index is 816. The highest BCUT2D eigenvalue weighted by Crippen LogP contribution is 2.21. The van der Waals surface area contributed by atoms with Crippen LogP contribution < -0.4 is 15.4 Å². The molecule has 2 N–H and O–H groups in total. The maximum absolute atomic E-state index is 12.5. The summed E-state index contributed by atoms with van der Waals surface area (Å²) in [7, 11) is 1.89. The summed E-state index contributed by atoms with van der Waals surface area (Å²) in [5.74, 6) is 0.550. The number of hydrogen-bond acceptors (Lipinski definition) is 4. The molecule has 1 saturated carbocycles. The van der Waals surface area contributed by atoms with Crippen molar-refractivity contribution in [1.29, 1.82) is 0 Å². The van der Waals surface area contributed by atoms with Crippen molar-refractivity contribution in [2.24, 2.45) is 0 Å². The Morgan fingerprint density at radius 3 is 2.50 bits per heavy atom. The number of rotatable bonds is 9. The average Bonchev–Trinajstić information content (AvgIpc) is 3.47. The van der Waals surface area contributed by atoms with Crippen molar-refractivity contribution in [3.63, 3.8) is 0 Å². The van der Waals surface area contributed by atoms with E-state index in [1.165, 1.54) is 0 Å². The fourth-order valence-corrected chi connectivity index (χ4v) is 2.94. The van der Waals surface area contributed by atoms with Gasteiger partial charge in [0.05, 0.1) is 24.4 Å². The number of para-hydroxylation sites is 1. The maximum Gasteiger partial charge on any atom is 0.253 e. The van der Waals surface area contributed by atoms with Crippen LogP contribution in [0.4, 0.5) is 5.69 Å². The van der Waals surface area contributed by atoms with Gasteiger partial charge in [-0.2, -0.15) is 0 Å². The van der Waals surface area contributed by atoms with Crippen molar-refractivity contribution >= 4 is 17.5 Å². The maximum atomic E-state index is 12.5. The molecular formula is C22H27N3O3. The summed E-state index contributed by atoms with van der Waals surface area (Å²) in [6.07, 6.45) is 2.05. The van der Waals surface area contributed by atoms with Crippen molar-refractivity contribution in [2.75, 3.05) is 25.5 Å². The predicted octanol–water partition coefficient (Wildman–Crippen LogP) is 3.05. The standard InChI is InChI=1S/C22H27N3O3/c1-3-28-18-12-8-16(9-13-18)14-25(2)15-21(26)24-20-7-5-4-6-19(20)22(27)23-17-10-11-17/h4-9,12-13,17H,3,10-11,14-15H2,1-2H3,(H,23,27)(H,24,26). The van der Waals surface area contributed by atoms with Crippen LogP contribution in [0.25, 0.3) is 0 Å². The van der Waals surface area contributed by atoms with Gasteiger partial charge in [0.25, 0.3) is 5.91 Å². The zero-order valence-electron chi connectivity index (χ0n) is 16.4. The van der Waals surface area contributed by atoms with E-state index < -0.39 is 0 Å². The number of ether oxygens (including phenoxy) is 1. The Labute approximate surface area is 165 Å². The van der Waals surface area contributed by atoms with Gasteiger partial charge < -0.3 is 15.4 Å². The minimum absolute atomic E-state index is 0.138. The molecule has 0 radical (unpaired) electrons. The molecule has 1 aliphatic carbocycles. The van der Waals surface area contributed by atoms with Gasteiger partial charge in [-0.05, 0) is 56.6 Å². The van der Waals surface area contributed by atoms with Gasteiger partial charge >= 0.3 is 0 Å². The molecule has 0 unspecified atom stereocenters. The summed E-state index contributed by atoms with van der Waals surface area (Å²) in [4.78, 5) is 26.7. The Kier molecular flexibility index (Phi) is 6.66. The normalized spacial score (nSPS) is 13.2.